The highest BCUT2D eigenvalue weighted by molar-refractivity contribution is 9.10. The molecule has 7 heteroatoms. The van der Waals surface area contributed by atoms with Crippen molar-refractivity contribution in [1.29, 1.82) is 0 Å². The maximum absolute atomic E-state index is 12.6. The molecule has 0 N–H and O–H groups in total. The fourth-order valence-corrected chi connectivity index (χ4v) is 4.05. The quantitative estimate of drug-likeness (QED) is 0.237. The van der Waals surface area contributed by atoms with Crippen molar-refractivity contribution in [3.8, 4) is 17.1 Å². The molecule has 0 fully saturated rings. The van der Waals surface area contributed by atoms with E-state index in [9.17, 15) is 4.79 Å². The zero-order valence-electron chi connectivity index (χ0n) is 15.1. The van der Waals surface area contributed by atoms with Crippen LogP contribution in [-0.4, -0.2) is 26.3 Å². The maximum Gasteiger partial charge on any atom is 0.196 e. The number of Topliss-reactive ketones (excluding diaryl/α,β-unsaturated/α-hetero) is 1. The Kier molecular flexibility index (Phi) is 6.13. The first-order valence-electron chi connectivity index (χ1n) is 8.80. The minimum absolute atomic E-state index is 0.0365. The van der Waals surface area contributed by atoms with E-state index in [0.29, 0.717) is 21.6 Å². The lowest BCUT2D eigenvalue weighted by molar-refractivity contribution is 0.102. The van der Waals surface area contributed by atoms with Crippen LogP contribution in [0.1, 0.15) is 10.4 Å². The van der Waals surface area contributed by atoms with Gasteiger partial charge in [0.2, 0.25) is 0 Å². The normalized spacial score (nSPS) is 10.8. The van der Waals surface area contributed by atoms with Crippen LogP contribution in [0.5, 0.6) is 0 Å². The van der Waals surface area contributed by atoms with Crippen LogP contribution in [0.15, 0.2) is 88.5 Å². The number of hydrogen-bond donors (Lipinski definition) is 0. The largest absolute Gasteiger partial charge is 0.293 e. The molecule has 1 heterocycles. The standard InChI is InChI=1S/C22H15BrClN3OS/c23-17-8-6-15(7-9-17)20(28)14-29-22-26-25-21(16-4-2-1-3-5-16)27(22)19-12-10-18(24)11-13-19/h1-13H,14H2. The summed E-state index contributed by atoms with van der Waals surface area (Å²) in [6.07, 6.45) is 0. The molecule has 3 aromatic carbocycles. The van der Waals surface area contributed by atoms with Gasteiger partial charge in [0.05, 0.1) is 5.75 Å². The SMILES string of the molecule is O=C(CSc1nnc(-c2ccccc2)n1-c1ccc(Cl)cc1)c1ccc(Br)cc1. The monoisotopic (exact) mass is 483 g/mol. The van der Waals surface area contributed by atoms with Crippen molar-refractivity contribution in [1.82, 2.24) is 14.8 Å². The highest BCUT2D eigenvalue weighted by Crippen LogP contribution is 2.29. The van der Waals surface area contributed by atoms with Gasteiger partial charge in [-0.05, 0) is 36.4 Å². The molecule has 0 saturated carbocycles. The van der Waals surface area contributed by atoms with Crippen molar-refractivity contribution in [3.63, 3.8) is 0 Å². The number of ketones is 1. The van der Waals surface area contributed by atoms with Gasteiger partial charge in [-0.2, -0.15) is 0 Å². The second kappa shape index (κ2) is 8.95. The molecule has 0 unspecified atom stereocenters. The van der Waals surface area contributed by atoms with E-state index >= 15 is 0 Å². The van der Waals surface area contributed by atoms with Gasteiger partial charge in [-0.25, -0.2) is 0 Å². The van der Waals surface area contributed by atoms with Gasteiger partial charge in [-0.3, -0.25) is 9.36 Å². The lowest BCUT2D eigenvalue weighted by atomic mass is 10.2. The average molecular weight is 485 g/mol. The smallest absolute Gasteiger partial charge is 0.196 e. The predicted octanol–water partition coefficient (Wildman–Crippen LogP) is 6.33. The number of aromatic nitrogens is 3. The van der Waals surface area contributed by atoms with E-state index in [2.05, 4.69) is 26.1 Å². The van der Waals surface area contributed by atoms with Crippen LogP contribution >= 0.6 is 39.3 Å². The topological polar surface area (TPSA) is 47.8 Å². The second-order valence-electron chi connectivity index (χ2n) is 6.20. The number of nitrogens with zero attached hydrogens (tertiary/aromatic N) is 3. The Bertz CT molecular complexity index is 1130. The molecule has 0 saturated heterocycles. The van der Waals surface area contributed by atoms with Crippen LogP contribution in [0, 0.1) is 0 Å². The minimum atomic E-state index is 0.0365. The lowest BCUT2D eigenvalue weighted by Crippen LogP contribution is -2.05. The Labute approximate surface area is 186 Å². The Morgan fingerprint density at radius 1 is 0.931 bits per heavy atom. The summed E-state index contributed by atoms with van der Waals surface area (Å²) < 4.78 is 2.89. The molecule has 0 aliphatic heterocycles. The second-order valence-corrected chi connectivity index (χ2v) is 8.50. The number of carbonyl (C=O) groups is 1. The number of hydrogen-bond acceptors (Lipinski definition) is 4. The summed E-state index contributed by atoms with van der Waals surface area (Å²) in [6, 6.07) is 24.7. The molecule has 0 bridgehead atoms. The van der Waals surface area contributed by atoms with Crippen molar-refractivity contribution in [2.24, 2.45) is 0 Å². The highest BCUT2D eigenvalue weighted by atomic mass is 79.9. The van der Waals surface area contributed by atoms with Crippen LogP contribution in [0.25, 0.3) is 17.1 Å². The minimum Gasteiger partial charge on any atom is -0.293 e. The molecule has 0 aliphatic rings. The third-order valence-corrected chi connectivity index (χ3v) is 5.96. The van der Waals surface area contributed by atoms with Gasteiger partial charge in [0.25, 0.3) is 0 Å². The molecule has 1 aromatic heterocycles. The maximum atomic E-state index is 12.6. The van der Waals surface area contributed by atoms with Gasteiger partial charge in [0.15, 0.2) is 16.8 Å². The predicted molar refractivity (Wildman–Crippen MR) is 121 cm³/mol. The first-order chi connectivity index (χ1) is 14.1. The van der Waals surface area contributed by atoms with Crippen LogP contribution in [-0.2, 0) is 0 Å². The van der Waals surface area contributed by atoms with E-state index in [1.54, 1.807) is 0 Å². The molecule has 4 nitrogen and oxygen atoms in total. The summed E-state index contributed by atoms with van der Waals surface area (Å²) in [5.74, 6) is 1.02. The Balaban J connectivity index is 1.66. The van der Waals surface area contributed by atoms with Gasteiger partial charge in [-0.1, -0.05) is 81.8 Å². The summed E-state index contributed by atoms with van der Waals surface area (Å²) >= 11 is 10.8. The van der Waals surface area contributed by atoms with Crippen LogP contribution < -0.4 is 0 Å². The molecule has 0 radical (unpaired) electrons. The van der Waals surface area contributed by atoms with E-state index in [4.69, 9.17) is 11.6 Å². The van der Waals surface area contributed by atoms with Crippen molar-refractivity contribution < 1.29 is 4.79 Å². The van der Waals surface area contributed by atoms with E-state index in [0.717, 1.165) is 15.7 Å². The molecular weight excluding hydrogens is 470 g/mol. The Morgan fingerprint density at radius 2 is 1.62 bits per heavy atom. The summed E-state index contributed by atoms with van der Waals surface area (Å²) in [5, 5.41) is 10.0. The third-order valence-electron chi connectivity index (χ3n) is 4.25. The molecule has 144 valence electrons. The van der Waals surface area contributed by atoms with Gasteiger partial charge >= 0.3 is 0 Å². The van der Waals surface area contributed by atoms with Gasteiger partial charge in [-0.15, -0.1) is 10.2 Å². The molecule has 4 aromatic rings. The number of thioether (sulfide) groups is 1. The number of halogens is 2. The van der Waals surface area contributed by atoms with E-state index in [1.807, 2.05) is 83.4 Å². The zero-order valence-corrected chi connectivity index (χ0v) is 18.3. The lowest BCUT2D eigenvalue weighted by Gasteiger charge is -2.10. The molecular formula is C22H15BrClN3OS. The Morgan fingerprint density at radius 3 is 2.31 bits per heavy atom. The fraction of sp³-hybridized carbons (Fsp3) is 0.0455. The van der Waals surface area contributed by atoms with Gasteiger partial charge in [0, 0.05) is 26.3 Å². The van der Waals surface area contributed by atoms with Crippen molar-refractivity contribution in [3.05, 3.63) is 93.9 Å². The van der Waals surface area contributed by atoms with E-state index < -0.39 is 0 Å². The van der Waals surface area contributed by atoms with Crippen molar-refractivity contribution in [2.45, 2.75) is 5.16 Å². The summed E-state index contributed by atoms with van der Waals surface area (Å²) in [4.78, 5) is 12.6. The number of benzene rings is 3. The number of carbonyl (C=O) groups excluding carboxylic acids is 1. The summed E-state index contributed by atoms with van der Waals surface area (Å²) in [5.41, 5.74) is 2.50. The van der Waals surface area contributed by atoms with Gasteiger partial charge < -0.3 is 0 Å². The summed E-state index contributed by atoms with van der Waals surface area (Å²) in [7, 11) is 0. The Hall–Kier alpha value is -2.41. The van der Waals surface area contributed by atoms with Crippen molar-refractivity contribution >= 4 is 45.1 Å². The van der Waals surface area contributed by atoms with Crippen LogP contribution in [0.4, 0.5) is 0 Å². The first kappa shape index (κ1) is 19.9. The highest BCUT2D eigenvalue weighted by Gasteiger charge is 2.17. The molecule has 0 atom stereocenters. The van der Waals surface area contributed by atoms with E-state index in [1.165, 1.54) is 11.8 Å². The summed E-state index contributed by atoms with van der Waals surface area (Å²) in [6.45, 7) is 0. The van der Waals surface area contributed by atoms with E-state index in [-0.39, 0.29) is 11.5 Å². The molecule has 0 amide bonds. The van der Waals surface area contributed by atoms with Crippen LogP contribution in [0.2, 0.25) is 5.02 Å². The molecule has 0 spiro atoms. The number of rotatable bonds is 6. The van der Waals surface area contributed by atoms with Crippen LogP contribution in [0.3, 0.4) is 0 Å². The third kappa shape index (κ3) is 4.61. The molecule has 0 aliphatic carbocycles. The first-order valence-corrected chi connectivity index (χ1v) is 11.0. The fourth-order valence-electron chi connectivity index (χ4n) is 2.81. The van der Waals surface area contributed by atoms with Gasteiger partial charge in [0.1, 0.15) is 0 Å². The van der Waals surface area contributed by atoms with Crippen molar-refractivity contribution in [2.75, 3.05) is 5.75 Å². The molecule has 29 heavy (non-hydrogen) atoms. The molecule has 4 rings (SSSR count). The zero-order chi connectivity index (χ0) is 20.2. The average Bonchev–Trinajstić information content (AvgIpc) is 3.17.